The summed E-state index contributed by atoms with van der Waals surface area (Å²) >= 11 is 7.76. The molecule has 1 aliphatic heterocycles. The van der Waals surface area contributed by atoms with Crippen molar-refractivity contribution in [2.24, 2.45) is 0 Å². The Morgan fingerprint density at radius 1 is 1.06 bits per heavy atom. The minimum Gasteiger partial charge on any atom is -0.369 e. The fourth-order valence-electron chi connectivity index (χ4n) is 4.11. The fraction of sp³-hybridized carbons (Fsp3) is 0.292. The number of carbonyl (C=O) groups excluding carboxylic acids is 1. The van der Waals surface area contributed by atoms with E-state index in [0.29, 0.717) is 10.6 Å². The third kappa shape index (κ3) is 5.26. The molecule has 0 aliphatic carbocycles. The summed E-state index contributed by atoms with van der Waals surface area (Å²) in [5.41, 5.74) is 1.60. The van der Waals surface area contributed by atoms with E-state index in [2.05, 4.69) is 33.5 Å². The number of halogens is 2. The Bertz CT molecular complexity index is 1000. The van der Waals surface area contributed by atoms with Crippen LogP contribution in [0.15, 0.2) is 66.0 Å². The van der Waals surface area contributed by atoms with Crippen LogP contribution in [0.2, 0.25) is 5.02 Å². The topological polar surface area (TPSA) is 35.6 Å². The Hall–Kier alpha value is -2.41. The first-order valence-electron chi connectivity index (χ1n) is 10.4. The first-order chi connectivity index (χ1) is 15.0. The number of benzene rings is 2. The Kier molecular flexibility index (Phi) is 6.90. The van der Waals surface area contributed by atoms with Gasteiger partial charge < -0.3 is 10.2 Å². The second-order valence-corrected chi connectivity index (χ2v) is 9.15. The van der Waals surface area contributed by atoms with Gasteiger partial charge in [-0.1, -0.05) is 23.7 Å². The highest BCUT2D eigenvalue weighted by Gasteiger charge is 2.31. The largest absolute Gasteiger partial charge is 0.369 e. The summed E-state index contributed by atoms with van der Waals surface area (Å²) in [7, 11) is 0. The normalized spacial score (nSPS) is 16.7. The standard InChI is InChI=1S/C24H25ClFN3OS/c1-17(27-24(30)18-4-2-5-19(25)16-18)23(22-6-3-15-31-22)29-13-11-28(12-14-29)21-9-7-20(26)8-10-21/h2-10,15-17,23H,11-14H2,1H3,(H,27,30). The number of thiophene rings is 1. The van der Waals surface area contributed by atoms with Gasteiger partial charge in [0.1, 0.15) is 5.82 Å². The van der Waals surface area contributed by atoms with Gasteiger partial charge in [0.15, 0.2) is 0 Å². The minimum atomic E-state index is -0.218. The van der Waals surface area contributed by atoms with Gasteiger partial charge in [-0.25, -0.2) is 4.39 Å². The summed E-state index contributed by atoms with van der Waals surface area (Å²) in [5.74, 6) is -0.342. The van der Waals surface area contributed by atoms with Crippen molar-refractivity contribution in [1.82, 2.24) is 10.2 Å². The molecule has 2 heterocycles. The number of nitrogens with zero attached hydrogens (tertiary/aromatic N) is 2. The van der Waals surface area contributed by atoms with Crippen molar-refractivity contribution in [2.75, 3.05) is 31.1 Å². The molecule has 4 nitrogen and oxygen atoms in total. The predicted octanol–water partition coefficient (Wildman–Crippen LogP) is 5.22. The molecule has 2 atom stereocenters. The van der Waals surface area contributed by atoms with Gasteiger partial charge in [0, 0.05) is 53.4 Å². The quantitative estimate of drug-likeness (QED) is 0.551. The molecular formula is C24H25ClFN3OS. The molecule has 0 radical (unpaired) electrons. The van der Waals surface area contributed by atoms with Gasteiger partial charge >= 0.3 is 0 Å². The number of piperazine rings is 1. The van der Waals surface area contributed by atoms with Crippen molar-refractivity contribution in [3.05, 3.63) is 87.3 Å². The third-order valence-corrected chi connectivity index (χ3v) is 6.83. The van der Waals surface area contributed by atoms with Crippen LogP contribution in [0.3, 0.4) is 0 Å². The van der Waals surface area contributed by atoms with Gasteiger partial charge in [0.2, 0.25) is 0 Å². The number of hydrogen-bond acceptors (Lipinski definition) is 4. The Morgan fingerprint density at radius 2 is 1.81 bits per heavy atom. The molecule has 7 heteroatoms. The summed E-state index contributed by atoms with van der Waals surface area (Å²) in [5, 5.41) is 5.79. The van der Waals surface area contributed by atoms with Crippen LogP contribution in [0.5, 0.6) is 0 Å². The van der Waals surface area contributed by atoms with Crippen LogP contribution in [-0.2, 0) is 0 Å². The highest BCUT2D eigenvalue weighted by molar-refractivity contribution is 7.10. The minimum absolute atomic E-state index is 0.0810. The zero-order valence-electron chi connectivity index (χ0n) is 17.3. The SMILES string of the molecule is CC(NC(=O)c1cccc(Cl)c1)C(c1cccs1)N1CCN(c2ccc(F)cc2)CC1. The van der Waals surface area contributed by atoms with Crippen molar-refractivity contribution in [3.8, 4) is 0 Å². The summed E-state index contributed by atoms with van der Waals surface area (Å²) in [6, 6.07) is 17.8. The molecule has 0 saturated carbocycles. The second-order valence-electron chi connectivity index (χ2n) is 7.73. The van der Waals surface area contributed by atoms with Crippen LogP contribution in [-0.4, -0.2) is 43.0 Å². The van der Waals surface area contributed by atoms with Gasteiger partial charge in [-0.15, -0.1) is 11.3 Å². The number of hydrogen-bond donors (Lipinski definition) is 1. The lowest BCUT2D eigenvalue weighted by atomic mass is 10.0. The average Bonchev–Trinajstić information content (AvgIpc) is 3.29. The molecule has 2 unspecified atom stereocenters. The van der Waals surface area contributed by atoms with Gasteiger partial charge in [0.05, 0.1) is 6.04 Å². The molecule has 2 aromatic carbocycles. The monoisotopic (exact) mass is 457 g/mol. The zero-order valence-corrected chi connectivity index (χ0v) is 18.9. The van der Waals surface area contributed by atoms with E-state index < -0.39 is 0 Å². The predicted molar refractivity (Wildman–Crippen MR) is 126 cm³/mol. The highest BCUT2D eigenvalue weighted by atomic mass is 35.5. The maximum Gasteiger partial charge on any atom is 0.251 e. The Balaban J connectivity index is 1.46. The van der Waals surface area contributed by atoms with Crippen LogP contribution in [0.1, 0.15) is 28.2 Å². The van der Waals surface area contributed by atoms with Crippen molar-refractivity contribution in [3.63, 3.8) is 0 Å². The summed E-state index contributed by atoms with van der Waals surface area (Å²) in [6.45, 7) is 5.47. The van der Waals surface area contributed by atoms with E-state index in [1.165, 1.54) is 17.0 Å². The van der Waals surface area contributed by atoms with Crippen molar-refractivity contribution in [1.29, 1.82) is 0 Å². The molecule has 1 aromatic heterocycles. The van der Waals surface area contributed by atoms with E-state index in [9.17, 15) is 9.18 Å². The van der Waals surface area contributed by atoms with Crippen LogP contribution >= 0.6 is 22.9 Å². The molecule has 162 valence electrons. The number of amides is 1. The maximum absolute atomic E-state index is 13.2. The average molecular weight is 458 g/mol. The molecule has 1 amide bonds. The molecule has 3 aromatic rings. The van der Waals surface area contributed by atoms with Crippen LogP contribution in [0.25, 0.3) is 0 Å². The smallest absolute Gasteiger partial charge is 0.251 e. The number of carbonyl (C=O) groups is 1. The highest BCUT2D eigenvalue weighted by Crippen LogP contribution is 2.30. The van der Waals surface area contributed by atoms with Crippen LogP contribution in [0, 0.1) is 5.82 Å². The first-order valence-corrected chi connectivity index (χ1v) is 11.6. The van der Waals surface area contributed by atoms with Gasteiger partial charge in [-0.2, -0.15) is 0 Å². The summed E-state index contributed by atoms with van der Waals surface area (Å²) in [4.78, 5) is 18.7. The Morgan fingerprint density at radius 3 is 2.45 bits per heavy atom. The Labute approximate surface area is 191 Å². The van der Waals surface area contributed by atoms with E-state index in [-0.39, 0.29) is 23.8 Å². The lowest BCUT2D eigenvalue weighted by molar-refractivity contribution is 0.0890. The van der Waals surface area contributed by atoms with E-state index in [1.54, 1.807) is 35.6 Å². The van der Waals surface area contributed by atoms with E-state index >= 15 is 0 Å². The van der Waals surface area contributed by atoms with E-state index in [1.807, 2.05) is 18.2 Å². The molecule has 4 rings (SSSR count). The third-order valence-electron chi connectivity index (χ3n) is 5.65. The first kappa shape index (κ1) is 21.8. The molecular weight excluding hydrogens is 433 g/mol. The molecule has 1 saturated heterocycles. The van der Waals surface area contributed by atoms with Crippen LogP contribution in [0.4, 0.5) is 10.1 Å². The number of anilines is 1. The zero-order chi connectivity index (χ0) is 21.8. The lowest BCUT2D eigenvalue weighted by Crippen LogP contribution is -2.52. The number of nitrogens with one attached hydrogen (secondary N) is 1. The number of rotatable bonds is 6. The molecule has 0 bridgehead atoms. The van der Waals surface area contributed by atoms with Crippen molar-refractivity contribution >= 4 is 34.5 Å². The van der Waals surface area contributed by atoms with Crippen molar-refractivity contribution in [2.45, 2.75) is 19.0 Å². The maximum atomic E-state index is 13.2. The molecule has 1 fully saturated rings. The lowest BCUT2D eigenvalue weighted by Gasteiger charge is -2.42. The second kappa shape index (κ2) is 9.81. The molecule has 31 heavy (non-hydrogen) atoms. The molecule has 0 spiro atoms. The van der Waals surface area contributed by atoms with E-state index in [0.717, 1.165) is 31.9 Å². The van der Waals surface area contributed by atoms with Crippen molar-refractivity contribution < 1.29 is 9.18 Å². The van der Waals surface area contributed by atoms with E-state index in [4.69, 9.17) is 11.6 Å². The van der Waals surface area contributed by atoms with Gasteiger partial charge in [0.25, 0.3) is 5.91 Å². The molecule has 1 N–H and O–H groups in total. The fourth-order valence-corrected chi connectivity index (χ4v) is 5.27. The summed E-state index contributed by atoms with van der Waals surface area (Å²) in [6.07, 6.45) is 0. The van der Waals surface area contributed by atoms with Gasteiger partial charge in [-0.05, 0) is 60.8 Å². The molecule has 1 aliphatic rings. The van der Waals surface area contributed by atoms with Crippen LogP contribution < -0.4 is 10.2 Å². The van der Waals surface area contributed by atoms with Gasteiger partial charge in [-0.3, -0.25) is 9.69 Å². The summed E-state index contributed by atoms with van der Waals surface area (Å²) < 4.78 is 13.2.